The van der Waals surface area contributed by atoms with Crippen LogP contribution < -0.4 is 10.6 Å². The highest BCUT2D eigenvalue weighted by Crippen LogP contribution is 2.16. The van der Waals surface area contributed by atoms with Crippen molar-refractivity contribution in [2.24, 2.45) is 0 Å². The van der Waals surface area contributed by atoms with E-state index >= 15 is 0 Å². The van der Waals surface area contributed by atoms with Crippen LogP contribution in [0.5, 0.6) is 0 Å². The van der Waals surface area contributed by atoms with Crippen LogP contribution in [0.1, 0.15) is 26.3 Å². The smallest absolute Gasteiger partial charge is 0.412 e. The Morgan fingerprint density at radius 1 is 1.04 bits per heavy atom. The molecule has 0 spiro atoms. The average Bonchev–Trinajstić information content (AvgIpc) is 2.60. The van der Waals surface area contributed by atoms with Crippen molar-refractivity contribution in [2.75, 3.05) is 10.6 Å². The van der Waals surface area contributed by atoms with Crippen LogP contribution in [-0.4, -0.2) is 22.5 Å². The Kier molecular flexibility index (Phi) is 6.49. The fraction of sp³-hybridized carbons (Fsp3) is 0.200. The van der Waals surface area contributed by atoms with Crippen LogP contribution in [0.4, 0.5) is 21.9 Å². The fourth-order valence-corrected chi connectivity index (χ4v) is 2.16. The van der Waals surface area contributed by atoms with Gasteiger partial charge in [-0.2, -0.15) is 0 Å². The molecule has 2 N–H and O–H groups in total. The minimum absolute atomic E-state index is 0.0457. The van der Waals surface area contributed by atoms with E-state index in [1.807, 2.05) is 0 Å². The number of anilines is 2. The minimum atomic E-state index is -0.594. The summed E-state index contributed by atoms with van der Waals surface area (Å²) in [5.74, 6) is -0.389. The highest BCUT2D eigenvalue weighted by atomic mass is 16.6. The number of hydrogen-bond acceptors (Lipinski definition) is 5. The molecule has 8 heteroatoms. The van der Waals surface area contributed by atoms with Gasteiger partial charge in [0, 0.05) is 29.6 Å². The summed E-state index contributed by atoms with van der Waals surface area (Å²) in [7, 11) is 0. The van der Waals surface area contributed by atoms with Gasteiger partial charge in [-0.25, -0.2) is 4.79 Å². The lowest BCUT2D eigenvalue weighted by molar-refractivity contribution is -0.384. The molecule has 0 saturated carbocycles. The number of nitrogens with one attached hydrogen (secondary N) is 2. The molecule has 28 heavy (non-hydrogen) atoms. The van der Waals surface area contributed by atoms with Crippen molar-refractivity contribution in [3.8, 4) is 0 Å². The largest absolute Gasteiger partial charge is 0.444 e. The zero-order valence-electron chi connectivity index (χ0n) is 15.8. The topological polar surface area (TPSA) is 111 Å². The number of nitro benzene ring substituents is 1. The third-order valence-electron chi connectivity index (χ3n) is 3.31. The Balaban J connectivity index is 1.93. The van der Waals surface area contributed by atoms with E-state index in [0.29, 0.717) is 16.9 Å². The van der Waals surface area contributed by atoms with Gasteiger partial charge in [-0.3, -0.25) is 20.2 Å². The molecule has 8 nitrogen and oxygen atoms in total. The molecule has 0 aliphatic rings. The van der Waals surface area contributed by atoms with Gasteiger partial charge < -0.3 is 10.1 Å². The fourth-order valence-electron chi connectivity index (χ4n) is 2.16. The molecule has 0 aliphatic carbocycles. The van der Waals surface area contributed by atoms with Crippen LogP contribution >= 0.6 is 0 Å². The Bertz CT molecular complexity index is 899. The number of hydrogen-bond donors (Lipinski definition) is 2. The average molecular weight is 383 g/mol. The van der Waals surface area contributed by atoms with Gasteiger partial charge in [-0.05, 0) is 56.7 Å². The Morgan fingerprint density at radius 2 is 1.64 bits per heavy atom. The Labute approximate surface area is 162 Å². The van der Waals surface area contributed by atoms with Crippen molar-refractivity contribution in [3.05, 3.63) is 70.3 Å². The van der Waals surface area contributed by atoms with Gasteiger partial charge in [0.1, 0.15) is 5.60 Å². The summed E-state index contributed by atoms with van der Waals surface area (Å²) >= 11 is 0. The molecule has 0 aliphatic heterocycles. The lowest BCUT2D eigenvalue weighted by Crippen LogP contribution is -2.27. The number of ether oxygens (including phenoxy) is 1. The summed E-state index contributed by atoms with van der Waals surface area (Å²) < 4.78 is 5.16. The first-order chi connectivity index (χ1) is 13.1. The van der Waals surface area contributed by atoms with E-state index < -0.39 is 16.6 Å². The molecule has 0 radical (unpaired) electrons. The maximum Gasteiger partial charge on any atom is 0.412 e. The number of carbonyl (C=O) groups excluding carboxylic acids is 2. The second kappa shape index (κ2) is 8.81. The quantitative estimate of drug-likeness (QED) is 0.445. The first-order valence-electron chi connectivity index (χ1n) is 8.46. The molecule has 0 heterocycles. The van der Waals surface area contributed by atoms with Crippen LogP contribution in [0, 0.1) is 10.1 Å². The van der Waals surface area contributed by atoms with Gasteiger partial charge in [0.25, 0.3) is 5.69 Å². The van der Waals surface area contributed by atoms with Crippen molar-refractivity contribution in [2.45, 2.75) is 26.4 Å². The minimum Gasteiger partial charge on any atom is -0.444 e. The van der Waals surface area contributed by atoms with Crippen LogP contribution in [0.15, 0.2) is 54.6 Å². The van der Waals surface area contributed by atoms with Gasteiger partial charge in [-0.1, -0.05) is 12.1 Å². The van der Waals surface area contributed by atoms with E-state index in [1.54, 1.807) is 57.2 Å². The summed E-state index contributed by atoms with van der Waals surface area (Å²) in [6.07, 6.45) is 2.20. The van der Waals surface area contributed by atoms with Gasteiger partial charge in [-0.15, -0.1) is 0 Å². The zero-order chi connectivity index (χ0) is 20.7. The van der Waals surface area contributed by atoms with E-state index in [2.05, 4.69) is 10.6 Å². The number of nitro groups is 1. The number of carbonyl (C=O) groups is 2. The van der Waals surface area contributed by atoms with Crippen LogP contribution in [-0.2, 0) is 9.53 Å². The predicted molar refractivity (Wildman–Crippen MR) is 107 cm³/mol. The van der Waals surface area contributed by atoms with E-state index in [0.717, 1.165) is 0 Å². The summed E-state index contributed by atoms with van der Waals surface area (Å²) in [5, 5.41) is 16.0. The number of nitrogens with zero attached hydrogens (tertiary/aromatic N) is 1. The number of non-ortho nitro benzene ring substituents is 1. The highest BCUT2D eigenvalue weighted by molar-refractivity contribution is 6.02. The van der Waals surface area contributed by atoms with Crippen molar-refractivity contribution in [1.29, 1.82) is 0 Å². The molecule has 0 saturated heterocycles. The third-order valence-corrected chi connectivity index (χ3v) is 3.31. The Hall–Kier alpha value is -3.68. The molecule has 2 amide bonds. The first kappa shape index (κ1) is 20.6. The van der Waals surface area contributed by atoms with Gasteiger partial charge in [0.05, 0.1) is 4.92 Å². The molecule has 0 unspecified atom stereocenters. The Morgan fingerprint density at radius 3 is 2.21 bits per heavy atom. The number of rotatable bonds is 5. The molecule has 0 aromatic heterocycles. The summed E-state index contributed by atoms with van der Waals surface area (Å²) in [6.45, 7) is 5.31. The summed E-state index contributed by atoms with van der Waals surface area (Å²) in [6, 6.07) is 12.5. The summed E-state index contributed by atoms with van der Waals surface area (Å²) in [5.41, 5.74) is 0.962. The number of benzene rings is 2. The standard InChI is InChI=1S/C20H21N3O5/c1-20(2,3)28-19(25)22-16-10-8-15(9-11-16)21-18(24)12-7-14-5-4-6-17(13-14)23(26)27/h4-13H,1-3H3,(H,21,24)(H,22,25). The highest BCUT2D eigenvalue weighted by Gasteiger charge is 2.16. The molecule has 0 bridgehead atoms. The van der Waals surface area contributed by atoms with E-state index in [1.165, 1.54) is 24.3 Å². The van der Waals surface area contributed by atoms with Crippen molar-refractivity contribution in [3.63, 3.8) is 0 Å². The second-order valence-electron chi connectivity index (χ2n) is 6.88. The first-order valence-corrected chi connectivity index (χ1v) is 8.46. The van der Waals surface area contributed by atoms with Crippen molar-refractivity contribution in [1.82, 2.24) is 0 Å². The normalized spacial score (nSPS) is 11.1. The zero-order valence-corrected chi connectivity index (χ0v) is 15.8. The number of amides is 2. The SMILES string of the molecule is CC(C)(C)OC(=O)Nc1ccc(NC(=O)C=Cc2cccc([N+](=O)[O-])c2)cc1. The molecule has 0 atom stereocenters. The monoisotopic (exact) mass is 383 g/mol. The predicted octanol–water partition coefficient (Wildman–Crippen LogP) is 4.59. The molecule has 0 fully saturated rings. The van der Waals surface area contributed by atoms with E-state index in [4.69, 9.17) is 4.74 Å². The van der Waals surface area contributed by atoms with E-state index in [-0.39, 0.29) is 11.6 Å². The van der Waals surface area contributed by atoms with Crippen LogP contribution in [0.3, 0.4) is 0 Å². The van der Waals surface area contributed by atoms with E-state index in [9.17, 15) is 19.7 Å². The summed E-state index contributed by atoms with van der Waals surface area (Å²) in [4.78, 5) is 34.0. The molecular weight excluding hydrogens is 362 g/mol. The van der Waals surface area contributed by atoms with Gasteiger partial charge >= 0.3 is 6.09 Å². The lowest BCUT2D eigenvalue weighted by atomic mass is 10.2. The van der Waals surface area contributed by atoms with Gasteiger partial charge in [0.15, 0.2) is 0 Å². The maximum absolute atomic E-state index is 12.0. The van der Waals surface area contributed by atoms with Crippen LogP contribution in [0.2, 0.25) is 0 Å². The third kappa shape index (κ3) is 6.91. The van der Waals surface area contributed by atoms with Crippen molar-refractivity contribution >= 4 is 35.1 Å². The molecule has 146 valence electrons. The molecule has 2 aromatic rings. The molecule has 2 aromatic carbocycles. The molecule has 2 rings (SSSR count). The maximum atomic E-state index is 12.0. The van der Waals surface area contributed by atoms with Crippen LogP contribution in [0.25, 0.3) is 6.08 Å². The molecular formula is C20H21N3O5. The van der Waals surface area contributed by atoms with Gasteiger partial charge in [0.2, 0.25) is 5.91 Å². The van der Waals surface area contributed by atoms with Crippen molar-refractivity contribution < 1.29 is 19.2 Å². The lowest BCUT2D eigenvalue weighted by Gasteiger charge is -2.19. The second-order valence-corrected chi connectivity index (χ2v) is 6.88.